The molecule has 1 aromatic carbocycles. The summed E-state index contributed by atoms with van der Waals surface area (Å²) in [6, 6.07) is 6.58. The van der Waals surface area contributed by atoms with Gasteiger partial charge in [0.25, 0.3) is 0 Å². The Hall–Kier alpha value is -1.02. The second-order valence-corrected chi connectivity index (χ2v) is 5.05. The van der Waals surface area contributed by atoms with Gasteiger partial charge in [0, 0.05) is 6.54 Å². The predicted octanol–water partition coefficient (Wildman–Crippen LogP) is 2.54. The first-order chi connectivity index (χ1) is 7.69. The summed E-state index contributed by atoms with van der Waals surface area (Å²) in [5, 5.41) is 0. The lowest BCUT2D eigenvalue weighted by Gasteiger charge is -2.25. The van der Waals surface area contributed by atoms with Crippen LogP contribution in [0.15, 0.2) is 18.2 Å². The van der Waals surface area contributed by atoms with Gasteiger partial charge in [-0.15, -0.1) is 0 Å². The molecule has 1 atom stereocenters. The maximum Gasteiger partial charge on any atom is 0.122 e. The zero-order chi connectivity index (χ0) is 11.5. The average molecular weight is 219 g/mol. The molecule has 2 N–H and O–H groups in total. The van der Waals surface area contributed by atoms with Gasteiger partial charge in [-0.2, -0.15) is 0 Å². The van der Waals surface area contributed by atoms with Crippen molar-refractivity contribution in [3.8, 4) is 5.75 Å². The highest BCUT2D eigenvalue weighted by molar-refractivity contribution is 5.39. The van der Waals surface area contributed by atoms with E-state index in [4.69, 9.17) is 10.5 Å². The molecule has 0 saturated carbocycles. The van der Waals surface area contributed by atoms with Crippen molar-refractivity contribution >= 4 is 0 Å². The number of hydrogen-bond donors (Lipinski definition) is 1. The molecule has 0 radical (unpaired) electrons. The van der Waals surface area contributed by atoms with E-state index in [-0.39, 0.29) is 6.10 Å². The first-order valence-electron chi connectivity index (χ1n) is 6.17. The molecule has 0 amide bonds. The van der Waals surface area contributed by atoms with E-state index in [1.165, 1.54) is 11.1 Å². The third kappa shape index (κ3) is 2.56. The van der Waals surface area contributed by atoms with Crippen molar-refractivity contribution in [1.82, 2.24) is 0 Å². The van der Waals surface area contributed by atoms with Crippen molar-refractivity contribution < 1.29 is 4.74 Å². The van der Waals surface area contributed by atoms with Crippen LogP contribution in [0.2, 0.25) is 0 Å². The van der Waals surface area contributed by atoms with Gasteiger partial charge in [0.1, 0.15) is 11.9 Å². The molecule has 1 unspecified atom stereocenters. The van der Waals surface area contributed by atoms with Crippen LogP contribution in [0, 0.1) is 5.92 Å². The van der Waals surface area contributed by atoms with Crippen LogP contribution >= 0.6 is 0 Å². The lowest BCUT2D eigenvalue weighted by atomic mass is 9.96. The van der Waals surface area contributed by atoms with Crippen LogP contribution in [0.1, 0.15) is 31.4 Å². The molecule has 0 bridgehead atoms. The summed E-state index contributed by atoms with van der Waals surface area (Å²) in [5.41, 5.74) is 8.40. The Morgan fingerprint density at radius 3 is 2.94 bits per heavy atom. The SMILES string of the molecule is CC(C)Cc1ccc2c(c1)CCC(CN)O2. The number of hydrogen-bond acceptors (Lipinski definition) is 2. The molecule has 0 aliphatic carbocycles. The molecule has 88 valence electrons. The maximum atomic E-state index is 5.82. The largest absolute Gasteiger partial charge is 0.489 e. The number of ether oxygens (including phenoxy) is 1. The lowest BCUT2D eigenvalue weighted by molar-refractivity contribution is 0.181. The Kier molecular flexibility index (Phi) is 3.49. The van der Waals surface area contributed by atoms with Crippen molar-refractivity contribution in [3.63, 3.8) is 0 Å². The van der Waals surface area contributed by atoms with E-state index in [9.17, 15) is 0 Å². The van der Waals surface area contributed by atoms with Crippen molar-refractivity contribution in [1.29, 1.82) is 0 Å². The number of rotatable bonds is 3. The molecular weight excluding hydrogens is 198 g/mol. The summed E-state index contributed by atoms with van der Waals surface area (Å²) in [4.78, 5) is 0. The average Bonchev–Trinajstić information content (AvgIpc) is 2.27. The summed E-state index contributed by atoms with van der Waals surface area (Å²) in [7, 11) is 0. The Labute approximate surface area is 97.8 Å². The Bertz CT molecular complexity index is 360. The molecular formula is C14H21NO. The molecule has 2 nitrogen and oxygen atoms in total. The minimum absolute atomic E-state index is 0.212. The number of benzene rings is 1. The fourth-order valence-electron chi connectivity index (χ4n) is 2.26. The summed E-state index contributed by atoms with van der Waals surface area (Å²) in [6.07, 6.45) is 3.51. The van der Waals surface area contributed by atoms with Crippen molar-refractivity contribution in [2.24, 2.45) is 11.7 Å². The van der Waals surface area contributed by atoms with Crippen LogP contribution in [0.5, 0.6) is 5.75 Å². The van der Waals surface area contributed by atoms with Gasteiger partial charge in [-0.25, -0.2) is 0 Å². The highest BCUT2D eigenvalue weighted by atomic mass is 16.5. The maximum absolute atomic E-state index is 5.82. The number of nitrogens with two attached hydrogens (primary N) is 1. The standard InChI is InChI=1S/C14H21NO/c1-10(2)7-11-3-6-14-12(8-11)4-5-13(9-15)16-14/h3,6,8,10,13H,4-5,7,9,15H2,1-2H3. The monoisotopic (exact) mass is 219 g/mol. The molecule has 0 saturated heterocycles. The topological polar surface area (TPSA) is 35.2 Å². The molecule has 0 fully saturated rings. The Morgan fingerprint density at radius 1 is 1.44 bits per heavy atom. The van der Waals surface area contributed by atoms with E-state index in [0.717, 1.165) is 25.0 Å². The van der Waals surface area contributed by atoms with Gasteiger partial charge in [0.2, 0.25) is 0 Å². The second-order valence-electron chi connectivity index (χ2n) is 5.05. The quantitative estimate of drug-likeness (QED) is 0.848. The number of fused-ring (bicyclic) bond motifs is 1. The van der Waals surface area contributed by atoms with E-state index >= 15 is 0 Å². The molecule has 1 heterocycles. The third-order valence-electron chi connectivity index (χ3n) is 3.06. The van der Waals surface area contributed by atoms with Crippen LogP contribution < -0.4 is 10.5 Å². The smallest absolute Gasteiger partial charge is 0.122 e. The molecule has 2 rings (SSSR count). The van der Waals surface area contributed by atoms with Gasteiger partial charge in [0.15, 0.2) is 0 Å². The summed E-state index contributed by atoms with van der Waals surface area (Å²) in [6.45, 7) is 5.12. The summed E-state index contributed by atoms with van der Waals surface area (Å²) >= 11 is 0. The molecule has 16 heavy (non-hydrogen) atoms. The van der Waals surface area contributed by atoms with Crippen LogP contribution in [-0.2, 0) is 12.8 Å². The van der Waals surface area contributed by atoms with E-state index in [1.54, 1.807) is 0 Å². The minimum atomic E-state index is 0.212. The van der Waals surface area contributed by atoms with Gasteiger partial charge < -0.3 is 10.5 Å². The van der Waals surface area contributed by atoms with Crippen molar-refractivity contribution in [3.05, 3.63) is 29.3 Å². The molecule has 2 heteroatoms. The zero-order valence-corrected chi connectivity index (χ0v) is 10.2. The molecule has 1 aromatic rings. The van der Waals surface area contributed by atoms with Crippen LogP contribution in [0.25, 0.3) is 0 Å². The van der Waals surface area contributed by atoms with E-state index in [2.05, 4.69) is 32.0 Å². The fourth-order valence-corrected chi connectivity index (χ4v) is 2.26. The van der Waals surface area contributed by atoms with Crippen molar-refractivity contribution in [2.45, 2.75) is 39.2 Å². The molecule has 0 spiro atoms. The van der Waals surface area contributed by atoms with Crippen LogP contribution in [0.4, 0.5) is 0 Å². The van der Waals surface area contributed by atoms with E-state index in [0.29, 0.717) is 12.5 Å². The van der Waals surface area contributed by atoms with Gasteiger partial charge in [0.05, 0.1) is 0 Å². The highest BCUT2D eigenvalue weighted by Gasteiger charge is 2.18. The highest BCUT2D eigenvalue weighted by Crippen LogP contribution is 2.28. The van der Waals surface area contributed by atoms with E-state index < -0.39 is 0 Å². The molecule has 1 aliphatic rings. The molecule has 0 aromatic heterocycles. The predicted molar refractivity (Wildman–Crippen MR) is 66.8 cm³/mol. The summed E-state index contributed by atoms with van der Waals surface area (Å²) < 4.78 is 5.82. The van der Waals surface area contributed by atoms with Gasteiger partial charge in [-0.05, 0) is 42.4 Å². The third-order valence-corrected chi connectivity index (χ3v) is 3.06. The Balaban J connectivity index is 2.15. The van der Waals surface area contributed by atoms with Gasteiger partial charge in [-0.1, -0.05) is 26.0 Å². The second kappa shape index (κ2) is 4.88. The normalized spacial score (nSPS) is 19.4. The first kappa shape index (κ1) is 11.5. The van der Waals surface area contributed by atoms with Crippen LogP contribution in [0.3, 0.4) is 0 Å². The molecule has 1 aliphatic heterocycles. The first-order valence-corrected chi connectivity index (χ1v) is 6.17. The number of aryl methyl sites for hydroxylation is 1. The fraction of sp³-hybridized carbons (Fsp3) is 0.571. The Morgan fingerprint density at radius 2 is 2.25 bits per heavy atom. The summed E-state index contributed by atoms with van der Waals surface area (Å²) in [5.74, 6) is 1.74. The zero-order valence-electron chi connectivity index (χ0n) is 10.2. The lowest BCUT2D eigenvalue weighted by Crippen LogP contribution is -2.30. The van der Waals surface area contributed by atoms with Crippen LogP contribution in [-0.4, -0.2) is 12.6 Å². The van der Waals surface area contributed by atoms with Crippen molar-refractivity contribution in [2.75, 3.05) is 6.54 Å². The van der Waals surface area contributed by atoms with E-state index in [1.807, 2.05) is 0 Å². The minimum Gasteiger partial charge on any atom is -0.489 e. The van der Waals surface area contributed by atoms with Gasteiger partial charge >= 0.3 is 0 Å². The van der Waals surface area contributed by atoms with Gasteiger partial charge in [-0.3, -0.25) is 0 Å².